The van der Waals surface area contributed by atoms with Gasteiger partial charge in [-0.15, -0.1) is 11.3 Å². The third-order valence-corrected chi connectivity index (χ3v) is 3.37. The van der Waals surface area contributed by atoms with Crippen molar-refractivity contribution in [3.05, 3.63) is 29.1 Å². The minimum atomic E-state index is 0.384. The van der Waals surface area contributed by atoms with E-state index in [-0.39, 0.29) is 0 Å². The fraction of sp³-hybridized carbons (Fsp3) is 0.273. The quantitative estimate of drug-likeness (QED) is 0.810. The number of fused-ring (bicyclic) bond motifs is 1. The van der Waals surface area contributed by atoms with Gasteiger partial charge >= 0.3 is 0 Å². The molecule has 1 aromatic carbocycles. The number of phenols is 1. The lowest BCUT2D eigenvalue weighted by Gasteiger charge is -1.93. The van der Waals surface area contributed by atoms with Crippen LogP contribution >= 0.6 is 11.3 Å². The number of aromatic hydroxyl groups is 1. The van der Waals surface area contributed by atoms with E-state index in [1.165, 1.54) is 4.88 Å². The Labute approximate surface area is 87.2 Å². The van der Waals surface area contributed by atoms with E-state index in [4.69, 9.17) is 0 Å². The first-order chi connectivity index (χ1) is 6.81. The van der Waals surface area contributed by atoms with Crippen molar-refractivity contribution in [1.82, 2.24) is 5.32 Å². The zero-order valence-electron chi connectivity index (χ0n) is 8.08. The summed E-state index contributed by atoms with van der Waals surface area (Å²) in [5.41, 5.74) is 0. The molecule has 0 saturated carbocycles. The largest absolute Gasteiger partial charge is 0.507 e. The Balaban J connectivity index is 2.36. The first-order valence-electron chi connectivity index (χ1n) is 4.66. The molecule has 3 heteroatoms. The molecule has 0 atom stereocenters. The van der Waals surface area contributed by atoms with Gasteiger partial charge in [0.15, 0.2) is 0 Å². The Morgan fingerprint density at radius 1 is 1.43 bits per heavy atom. The number of nitrogens with one attached hydrogen (secondary N) is 1. The van der Waals surface area contributed by atoms with Gasteiger partial charge in [0.05, 0.1) is 0 Å². The van der Waals surface area contributed by atoms with Crippen LogP contribution in [0.5, 0.6) is 5.75 Å². The second-order valence-corrected chi connectivity index (χ2v) is 4.42. The molecule has 1 heterocycles. The Kier molecular flexibility index (Phi) is 2.70. The third kappa shape index (κ3) is 1.74. The van der Waals surface area contributed by atoms with Gasteiger partial charge in [0, 0.05) is 15.0 Å². The molecular formula is C11H13NOS. The van der Waals surface area contributed by atoms with Crippen molar-refractivity contribution in [2.75, 3.05) is 13.6 Å². The maximum Gasteiger partial charge on any atom is 0.124 e. The highest BCUT2D eigenvalue weighted by molar-refractivity contribution is 7.19. The standard InChI is InChI=1S/C11H13NOS/c1-12-6-5-8-7-9-10(13)3-2-4-11(9)14-8/h2-4,7,12-13H,5-6H2,1H3. The number of rotatable bonds is 3. The molecule has 2 aromatic rings. The average molecular weight is 207 g/mol. The molecular weight excluding hydrogens is 194 g/mol. The molecule has 74 valence electrons. The molecule has 2 nitrogen and oxygen atoms in total. The second-order valence-electron chi connectivity index (χ2n) is 3.26. The van der Waals surface area contributed by atoms with E-state index in [1.54, 1.807) is 17.4 Å². The summed E-state index contributed by atoms with van der Waals surface area (Å²) in [6.45, 7) is 0.980. The molecule has 14 heavy (non-hydrogen) atoms. The minimum absolute atomic E-state index is 0.384. The molecule has 0 aliphatic carbocycles. The van der Waals surface area contributed by atoms with Crippen LogP contribution in [0.3, 0.4) is 0 Å². The topological polar surface area (TPSA) is 32.3 Å². The highest BCUT2D eigenvalue weighted by Gasteiger charge is 2.04. The Morgan fingerprint density at radius 2 is 2.29 bits per heavy atom. The first kappa shape index (κ1) is 9.49. The monoisotopic (exact) mass is 207 g/mol. The number of likely N-dealkylation sites (N-methyl/N-ethyl adjacent to an activating group) is 1. The van der Waals surface area contributed by atoms with E-state index >= 15 is 0 Å². The number of hydrogen-bond acceptors (Lipinski definition) is 3. The third-order valence-electron chi connectivity index (χ3n) is 2.21. The molecule has 0 bridgehead atoms. The lowest BCUT2D eigenvalue weighted by atomic mass is 10.2. The van der Waals surface area contributed by atoms with Crippen LogP contribution in [-0.4, -0.2) is 18.7 Å². The summed E-state index contributed by atoms with van der Waals surface area (Å²) in [6, 6.07) is 7.74. The number of thiophene rings is 1. The summed E-state index contributed by atoms with van der Waals surface area (Å²) in [7, 11) is 1.95. The van der Waals surface area contributed by atoms with Gasteiger partial charge in [0.1, 0.15) is 5.75 Å². The van der Waals surface area contributed by atoms with Gasteiger partial charge in [-0.05, 0) is 38.2 Å². The Hall–Kier alpha value is -1.06. The smallest absolute Gasteiger partial charge is 0.124 e. The second kappa shape index (κ2) is 3.98. The van der Waals surface area contributed by atoms with Gasteiger partial charge < -0.3 is 10.4 Å². The highest BCUT2D eigenvalue weighted by atomic mass is 32.1. The maximum absolute atomic E-state index is 9.60. The van der Waals surface area contributed by atoms with Gasteiger partial charge in [-0.2, -0.15) is 0 Å². The number of phenolic OH excluding ortho intramolecular Hbond substituents is 1. The highest BCUT2D eigenvalue weighted by Crippen LogP contribution is 2.31. The molecule has 1 aromatic heterocycles. The van der Waals surface area contributed by atoms with Crippen molar-refractivity contribution in [3.8, 4) is 5.75 Å². The van der Waals surface area contributed by atoms with Crippen molar-refractivity contribution in [3.63, 3.8) is 0 Å². The summed E-state index contributed by atoms with van der Waals surface area (Å²) < 4.78 is 1.16. The number of benzene rings is 1. The van der Waals surface area contributed by atoms with Crippen molar-refractivity contribution in [1.29, 1.82) is 0 Å². The molecule has 0 spiro atoms. The molecule has 0 aliphatic rings. The summed E-state index contributed by atoms with van der Waals surface area (Å²) in [4.78, 5) is 1.32. The van der Waals surface area contributed by atoms with Crippen LogP contribution in [0.4, 0.5) is 0 Å². The summed E-state index contributed by atoms with van der Waals surface area (Å²) in [5, 5.41) is 13.7. The maximum atomic E-state index is 9.60. The van der Waals surface area contributed by atoms with E-state index in [2.05, 4.69) is 11.4 Å². The molecule has 0 amide bonds. The van der Waals surface area contributed by atoms with Gasteiger partial charge in [0.2, 0.25) is 0 Å². The van der Waals surface area contributed by atoms with Crippen LogP contribution in [0.25, 0.3) is 10.1 Å². The lowest BCUT2D eigenvalue weighted by molar-refractivity contribution is 0.482. The van der Waals surface area contributed by atoms with Crippen LogP contribution in [0.1, 0.15) is 4.88 Å². The molecule has 2 N–H and O–H groups in total. The van der Waals surface area contributed by atoms with Crippen LogP contribution in [-0.2, 0) is 6.42 Å². The lowest BCUT2D eigenvalue weighted by Crippen LogP contribution is -2.09. The summed E-state index contributed by atoms with van der Waals surface area (Å²) in [6.07, 6.45) is 1.02. The van der Waals surface area contributed by atoms with E-state index in [0.717, 1.165) is 23.1 Å². The van der Waals surface area contributed by atoms with Crippen LogP contribution in [0, 0.1) is 0 Å². The van der Waals surface area contributed by atoms with Crippen LogP contribution in [0.15, 0.2) is 24.3 Å². The van der Waals surface area contributed by atoms with Gasteiger partial charge in [-0.25, -0.2) is 0 Å². The van der Waals surface area contributed by atoms with Gasteiger partial charge in [-0.3, -0.25) is 0 Å². The predicted octanol–water partition coefficient (Wildman–Crippen LogP) is 2.37. The van der Waals surface area contributed by atoms with Gasteiger partial charge in [-0.1, -0.05) is 6.07 Å². The molecule has 2 rings (SSSR count). The molecule has 0 unspecified atom stereocenters. The Bertz CT molecular complexity index is 436. The Morgan fingerprint density at radius 3 is 3.00 bits per heavy atom. The average Bonchev–Trinajstić information content (AvgIpc) is 2.59. The first-order valence-corrected chi connectivity index (χ1v) is 5.48. The number of hydrogen-bond donors (Lipinski definition) is 2. The molecule has 0 fully saturated rings. The predicted molar refractivity (Wildman–Crippen MR) is 61.1 cm³/mol. The van der Waals surface area contributed by atoms with Crippen molar-refractivity contribution in [2.45, 2.75) is 6.42 Å². The molecule has 0 aliphatic heterocycles. The fourth-order valence-electron chi connectivity index (χ4n) is 1.47. The van der Waals surface area contributed by atoms with E-state index < -0.39 is 0 Å². The normalized spacial score (nSPS) is 10.9. The van der Waals surface area contributed by atoms with E-state index in [0.29, 0.717) is 5.75 Å². The van der Waals surface area contributed by atoms with Crippen molar-refractivity contribution < 1.29 is 5.11 Å². The van der Waals surface area contributed by atoms with Crippen LogP contribution in [0.2, 0.25) is 0 Å². The van der Waals surface area contributed by atoms with Crippen LogP contribution < -0.4 is 5.32 Å². The molecule has 0 saturated heterocycles. The SMILES string of the molecule is CNCCc1cc2c(O)cccc2s1. The van der Waals surface area contributed by atoms with Crippen molar-refractivity contribution in [2.24, 2.45) is 0 Å². The van der Waals surface area contributed by atoms with E-state index in [1.807, 2.05) is 19.2 Å². The zero-order valence-corrected chi connectivity index (χ0v) is 8.90. The van der Waals surface area contributed by atoms with E-state index in [9.17, 15) is 5.11 Å². The van der Waals surface area contributed by atoms with Crippen molar-refractivity contribution >= 4 is 21.4 Å². The zero-order chi connectivity index (χ0) is 9.97. The minimum Gasteiger partial charge on any atom is -0.507 e. The van der Waals surface area contributed by atoms with Gasteiger partial charge in [0.25, 0.3) is 0 Å². The fourth-order valence-corrected chi connectivity index (χ4v) is 2.55. The summed E-state index contributed by atoms with van der Waals surface area (Å²) >= 11 is 1.75. The molecule has 0 radical (unpaired) electrons. The summed E-state index contributed by atoms with van der Waals surface area (Å²) in [5.74, 6) is 0.384.